The lowest BCUT2D eigenvalue weighted by Gasteiger charge is -2.02. The van der Waals surface area contributed by atoms with Crippen LogP contribution in [0.15, 0.2) is 70.7 Å². The molecule has 0 bridgehead atoms. The van der Waals surface area contributed by atoms with Crippen LogP contribution >= 0.6 is 23.4 Å². The highest BCUT2D eigenvalue weighted by Crippen LogP contribution is 2.24. The highest BCUT2D eigenvalue weighted by atomic mass is 35.5. The molecule has 0 aliphatic carbocycles. The van der Waals surface area contributed by atoms with Gasteiger partial charge in [0.05, 0.1) is 6.54 Å². The quantitative estimate of drug-likeness (QED) is 0.474. The number of hydrogen-bond donors (Lipinski definition) is 0. The SMILES string of the molecule is Cc1ccc(Cn2nc3c(SCc4ccc(Cl)cc4)nccn3c2=O)cc1. The van der Waals surface area contributed by atoms with E-state index < -0.39 is 0 Å². The Labute approximate surface area is 165 Å². The minimum Gasteiger partial charge on any atom is -0.246 e. The van der Waals surface area contributed by atoms with Gasteiger partial charge in [-0.05, 0) is 30.2 Å². The van der Waals surface area contributed by atoms with Crippen molar-refractivity contribution in [3.05, 3.63) is 93.1 Å². The number of rotatable bonds is 5. The zero-order valence-electron chi connectivity index (χ0n) is 14.7. The number of hydrogen-bond acceptors (Lipinski definition) is 4. The third-order valence-corrected chi connectivity index (χ3v) is 5.50. The Bertz CT molecular complexity index is 1130. The van der Waals surface area contributed by atoms with E-state index in [9.17, 15) is 4.79 Å². The minimum absolute atomic E-state index is 0.165. The molecule has 0 fully saturated rings. The van der Waals surface area contributed by atoms with Gasteiger partial charge in [-0.25, -0.2) is 18.9 Å². The van der Waals surface area contributed by atoms with Crippen LogP contribution in [-0.2, 0) is 12.3 Å². The van der Waals surface area contributed by atoms with E-state index >= 15 is 0 Å². The van der Waals surface area contributed by atoms with Crippen molar-refractivity contribution in [2.45, 2.75) is 24.2 Å². The summed E-state index contributed by atoms with van der Waals surface area (Å²) in [5.41, 5.74) is 3.77. The van der Waals surface area contributed by atoms with Gasteiger partial charge in [0.1, 0.15) is 5.03 Å². The van der Waals surface area contributed by atoms with Gasteiger partial charge >= 0.3 is 5.69 Å². The van der Waals surface area contributed by atoms with Crippen molar-refractivity contribution in [1.29, 1.82) is 0 Å². The van der Waals surface area contributed by atoms with Crippen LogP contribution < -0.4 is 5.69 Å². The molecule has 0 saturated heterocycles. The van der Waals surface area contributed by atoms with Crippen LogP contribution in [0.5, 0.6) is 0 Å². The van der Waals surface area contributed by atoms with Crippen molar-refractivity contribution < 1.29 is 0 Å². The molecule has 0 saturated carbocycles. The van der Waals surface area contributed by atoms with Crippen LogP contribution in [0.4, 0.5) is 0 Å². The molecule has 0 amide bonds. The summed E-state index contributed by atoms with van der Waals surface area (Å²) in [6, 6.07) is 15.8. The fourth-order valence-electron chi connectivity index (χ4n) is 2.73. The highest BCUT2D eigenvalue weighted by Gasteiger charge is 2.12. The van der Waals surface area contributed by atoms with Crippen LogP contribution in [0, 0.1) is 6.92 Å². The topological polar surface area (TPSA) is 52.2 Å². The molecule has 0 spiro atoms. The van der Waals surface area contributed by atoms with Crippen molar-refractivity contribution in [1.82, 2.24) is 19.2 Å². The van der Waals surface area contributed by atoms with Gasteiger partial charge in [-0.3, -0.25) is 0 Å². The first-order valence-electron chi connectivity index (χ1n) is 8.47. The summed E-state index contributed by atoms with van der Waals surface area (Å²) in [6.07, 6.45) is 3.29. The number of aromatic nitrogens is 4. The average Bonchev–Trinajstić information content (AvgIpc) is 3.00. The first-order chi connectivity index (χ1) is 13.1. The number of nitrogens with zero attached hydrogens (tertiary/aromatic N) is 4. The predicted molar refractivity (Wildman–Crippen MR) is 109 cm³/mol. The van der Waals surface area contributed by atoms with Crippen molar-refractivity contribution in [3.8, 4) is 0 Å². The van der Waals surface area contributed by atoms with Gasteiger partial charge in [0.2, 0.25) is 0 Å². The second kappa shape index (κ2) is 7.58. The van der Waals surface area contributed by atoms with E-state index in [1.807, 2.05) is 55.5 Å². The lowest BCUT2D eigenvalue weighted by Crippen LogP contribution is -2.21. The van der Waals surface area contributed by atoms with Gasteiger partial charge in [0.15, 0.2) is 5.65 Å². The molecule has 0 atom stereocenters. The van der Waals surface area contributed by atoms with Crippen LogP contribution in [0.25, 0.3) is 5.65 Å². The summed E-state index contributed by atoms with van der Waals surface area (Å²) >= 11 is 7.48. The zero-order chi connectivity index (χ0) is 18.8. The van der Waals surface area contributed by atoms with Crippen molar-refractivity contribution >= 4 is 29.0 Å². The minimum atomic E-state index is -0.165. The van der Waals surface area contributed by atoms with E-state index in [-0.39, 0.29) is 5.69 Å². The normalized spacial score (nSPS) is 11.2. The standard InChI is InChI=1S/C20H17ClN4OS/c1-14-2-4-15(5-3-14)12-25-20(26)24-11-10-22-19(18(24)23-25)27-13-16-6-8-17(21)9-7-16/h2-11H,12-13H2,1H3. The molecular formula is C20H17ClN4OS. The van der Waals surface area contributed by atoms with Gasteiger partial charge in [-0.2, -0.15) is 0 Å². The molecule has 0 radical (unpaired) electrons. The Hall–Kier alpha value is -2.57. The van der Waals surface area contributed by atoms with E-state index in [1.54, 1.807) is 28.6 Å². The Balaban J connectivity index is 1.61. The van der Waals surface area contributed by atoms with Gasteiger partial charge in [0, 0.05) is 23.2 Å². The maximum absolute atomic E-state index is 12.7. The van der Waals surface area contributed by atoms with E-state index in [0.29, 0.717) is 17.2 Å². The molecule has 4 rings (SSSR count). The van der Waals surface area contributed by atoms with Gasteiger partial charge < -0.3 is 0 Å². The summed E-state index contributed by atoms with van der Waals surface area (Å²) in [4.78, 5) is 17.1. The molecule has 2 aromatic heterocycles. The summed E-state index contributed by atoms with van der Waals surface area (Å²) in [7, 11) is 0. The molecule has 2 aromatic carbocycles. The smallest absolute Gasteiger partial charge is 0.246 e. The van der Waals surface area contributed by atoms with Crippen molar-refractivity contribution in [2.24, 2.45) is 0 Å². The summed E-state index contributed by atoms with van der Waals surface area (Å²) in [6.45, 7) is 2.47. The van der Waals surface area contributed by atoms with Crippen LogP contribution in [0.3, 0.4) is 0 Å². The largest absolute Gasteiger partial charge is 0.350 e. The molecule has 0 aliphatic heterocycles. The van der Waals surface area contributed by atoms with Crippen LogP contribution in [0.2, 0.25) is 5.02 Å². The predicted octanol–water partition coefficient (Wildman–Crippen LogP) is 4.19. The molecular weight excluding hydrogens is 380 g/mol. The van der Waals surface area contributed by atoms with Crippen LogP contribution in [0.1, 0.15) is 16.7 Å². The van der Waals surface area contributed by atoms with E-state index in [0.717, 1.165) is 21.9 Å². The molecule has 0 N–H and O–H groups in total. The third-order valence-electron chi connectivity index (χ3n) is 4.21. The second-order valence-corrected chi connectivity index (χ2v) is 7.67. The van der Waals surface area contributed by atoms with Crippen molar-refractivity contribution in [3.63, 3.8) is 0 Å². The average molecular weight is 397 g/mol. The number of benzene rings is 2. The lowest BCUT2D eigenvalue weighted by molar-refractivity contribution is 0.658. The fraction of sp³-hybridized carbons (Fsp3) is 0.150. The van der Waals surface area contributed by atoms with Gasteiger partial charge in [-0.15, -0.1) is 5.10 Å². The summed E-state index contributed by atoms with van der Waals surface area (Å²) in [5.74, 6) is 0.725. The molecule has 7 heteroatoms. The molecule has 5 nitrogen and oxygen atoms in total. The molecule has 136 valence electrons. The van der Waals surface area contributed by atoms with E-state index in [4.69, 9.17) is 11.6 Å². The molecule has 4 aromatic rings. The maximum atomic E-state index is 12.7. The Kier molecular flexibility index (Phi) is 5.01. The van der Waals surface area contributed by atoms with E-state index in [1.165, 1.54) is 10.2 Å². The number of fused-ring (bicyclic) bond motifs is 1. The maximum Gasteiger partial charge on any atom is 0.350 e. The first-order valence-corrected chi connectivity index (χ1v) is 9.83. The molecule has 0 unspecified atom stereocenters. The van der Waals surface area contributed by atoms with Crippen molar-refractivity contribution in [2.75, 3.05) is 0 Å². The summed E-state index contributed by atoms with van der Waals surface area (Å²) < 4.78 is 3.03. The first kappa shape index (κ1) is 17.8. The number of thioether (sulfide) groups is 1. The third kappa shape index (κ3) is 3.91. The lowest BCUT2D eigenvalue weighted by atomic mass is 10.1. The fourth-order valence-corrected chi connectivity index (χ4v) is 3.75. The van der Waals surface area contributed by atoms with Gasteiger partial charge in [-0.1, -0.05) is 65.3 Å². The Morgan fingerprint density at radius 3 is 2.48 bits per heavy atom. The Morgan fingerprint density at radius 2 is 1.74 bits per heavy atom. The summed E-state index contributed by atoms with van der Waals surface area (Å²) in [5, 5.41) is 5.96. The second-order valence-electron chi connectivity index (χ2n) is 6.27. The van der Waals surface area contributed by atoms with E-state index in [2.05, 4.69) is 10.1 Å². The monoisotopic (exact) mass is 396 g/mol. The highest BCUT2D eigenvalue weighted by molar-refractivity contribution is 7.98. The van der Waals surface area contributed by atoms with Crippen LogP contribution in [-0.4, -0.2) is 19.2 Å². The molecule has 2 heterocycles. The molecule has 0 aliphatic rings. The number of halogens is 1. The Morgan fingerprint density at radius 1 is 1.04 bits per heavy atom. The van der Waals surface area contributed by atoms with Gasteiger partial charge in [0.25, 0.3) is 0 Å². The number of aryl methyl sites for hydroxylation is 1. The zero-order valence-corrected chi connectivity index (χ0v) is 16.2. The molecule has 27 heavy (non-hydrogen) atoms.